The van der Waals surface area contributed by atoms with E-state index in [1.54, 1.807) is 13.0 Å². The molecule has 274 valence electrons. The van der Waals surface area contributed by atoms with E-state index in [0.29, 0.717) is 31.3 Å². The largest absolute Gasteiger partial charge is 0.491 e. The third-order valence-electron chi connectivity index (χ3n) is 11.7. The maximum atomic E-state index is 13.6. The van der Waals surface area contributed by atoms with Crippen molar-refractivity contribution in [3.8, 4) is 5.75 Å². The van der Waals surface area contributed by atoms with Gasteiger partial charge < -0.3 is 19.7 Å². The zero-order valence-corrected chi connectivity index (χ0v) is 31.8. The van der Waals surface area contributed by atoms with Gasteiger partial charge in [-0.2, -0.15) is 0 Å². The van der Waals surface area contributed by atoms with Crippen molar-refractivity contribution in [2.45, 2.75) is 89.3 Å². The van der Waals surface area contributed by atoms with Gasteiger partial charge in [-0.1, -0.05) is 44.4 Å². The Balaban J connectivity index is 1.41. The lowest BCUT2D eigenvalue weighted by molar-refractivity contribution is -0.124. The average molecular weight is 727 g/mol. The van der Waals surface area contributed by atoms with Crippen molar-refractivity contribution in [3.63, 3.8) is 0 Å². The van der Waals surface area contributed by atoms with Gasteiger partial charge in [-0.15, -0.1) is 0 Å². The van der Waals surface area contributed by atoms with Gasteiger partial charge in [0, 0.05) is 56.2 Å². The van der Waals surface area contributed by atoms with Crippen LogP contribution in [0.25, 0.3) is 0 Å². The van der Waals surface area contributed by atoms with Crippen LogP contribution in [0.3, 0.4) is 0 Å². The molecule has 7 atom stereocenters. The fourth-order valence-corrected chi connectivity index (χ4v) is 10.0. The molecule has 9 nitrogen and oxygen atoms in total. The minimum absolute atomic E-state index is 0.00737. The molecular formula is C39H55ClN4O5S. The number of nitrogens with one attached hydrogen (secondary N) is 2. The number of rotatable bonds is 6. The van der Waals surface area contributed by atoms with Crippen LogP contribution < -0.4 is 19.7 Å². The van der Waals surface area contributed by atoms with Crippen LogP contribution >= 0.6 is 11.6 Å². The monoisotopic (exact) mass is 726 g/mol. The highest BCUT2D eigenvalue weighted by atomic mass is 35.5. The van der Waals surface area contributed by atoms with Crippen molar-refractivity contribution in [1.82, 2.24) is 14.9 Å². The number of anilines is 1. The summed E-state index contributed by atoms with van der Waals surface area (Å²) in [7, 11) is -1.55. The Morgan fingerprint density at radius 3 is 2.62 bits per heavy atom. The predicted octanol–water partition coefficient (Wildman–Crippen LogP) is 6.11. The predicted molar refractivity (Wildman–Crippen MR) is 200 cm³/mol. The van der Waals surface area contributed by atoms with Crippen LogP contribution in [0.2, 0.25) is 5.02 Å². The maximum Gasteiger partial charge on any atom is 0.263 e. The molecule has 2 fully saturated rings. The molecule has 1 aliphatic carbocycles. The van der Waals surface area contributed by atoms with E-state index in [1.807, 2.05) is 25.1 Å². The highest BCUT2D eigenvalue weighted by Crippen LogP contribution is 2.47. The Bertz CT molecular complexity index is 1550. The lowest BCUT2D eigenvalue weighted by Crippen LogP contribution is -2.65. The molecular weight excluding hydrogens is 672 g/mol. The smallest absolute Gasteiger partial charge is 0.263 e. The Morgan fingerprint density at radius 1 is 1.10 bits per heavy atom. The van der Waals surface area contributed by atoms with Crippen molar-refractivity contribution >= 4 is 40.1 Å². The Morgan fingerprint density at radius 2 is 1.90 bits per heavy atom. The van der Waals surface area contributed by atoms with Gasteiger partial charge in [-0.25, -0.2) is 4.21 Å². The number of carbonyl (C=O) groups excluding carboxylic acids is 2. The first-order valence-corrected chi connectivity index (χ1v) is 20.3. The van der Waals surface area contributed by atoms with Crippen LogP contribution in [-0.2, 0) is 26.9 Å². The molecule has 6 unspecified atom stereocenters. The van der Waals surface area contributed by atoms with E-state index in [4.69, 9.17) is 21.1 Å². The molecule has 6 rings (SSSR count). The average Bonchev–Trinajstić information content (AvgIpc) is 3.25. The molecule has 2 aromatic rings. The number of amides is 2. The molecule has 0 radical (unpaired) electrons. The molecule has 1 saturated heterocycles. The molecule has 2 amide bonds. The van der Waals surface area contributed by atoms with Gasteiger partial charge in [-0.05, 0) is 98.2 Å². The quantitative estimate of drug-likeness (QED) is 0.371. The molecule has 4 aliphatic rings. The Labute approximate surface area is 305 Å². The molecule has 11 heteroatoms. The van der Waals surface area contributed by atoms with Gasteiger partial charge in [-0.3, -0.25) is 19.2 Å². The molecule has 50 heavy (non-hydrogen) atoms. The molecule has 1 saturated carbocycles. The summed E-state index contributed by atoms with van der Waals surface area (Å²) in [5.74, 6) is 1.25. The van der Waals surface area contributed by atoms with Gasteiger partial charge in [0.05, 0.1) is 36.3 Å². The van der Waals surface area contributed by atoms with Crippen molar-refractivity contribution in [3.05, 3.63) is 58.1 Å². The second-order valence-corrected chi connectivity index (χ2v) is 17.1. The summed E-state index contributed by atoms with van der Waals surface area (Å²) in [6, 6.07) is 11.8. The van der Waals surface area contributed by atoms with Crippen molar-refractivity contribution in [2.75, 3.05) is 57.4 Å². The molecule has 2 aromatic carbocycles. The number of hydrogen-bond donors (Lipinski definition) is 2. The Kier molecular flexibility index (Phi) is 12.1. The van der Waals surface area contributed by atoms with Crippen LogP contribution in [-0.4, -0.2) is 84.3 Å². The van der Waals surface area contributed by atoms with Gasteiger partial charge in [0.25, 0.3) is 5.91 Å². The van der Waals surface area contributed by atoms with E-state index in [1.165, 1.54) is 11.1 Å². The van der Waals surface area contributed by atoms with Crippen LogP contribution in [0.5, 0.6) is 5.75 Å². The molecule has 0 spiro atoms. The molecule has 3 heterocycles. The topological polar surface area (TPSA) is 100 Å². The number of nitrogens with zero attached hydrogens (tertiary/aromatic N) is 2. The molecule has 3 aliphatic heterocycles. The third-order valence-corrected chi connectivity index (χ3v) is 13.5. The number of aryl methyl sites for hydroxylation is 1. The summed E-state index contributed by atoms with van der Waals surface area (Å²) in [6.45, 7) is 13.8. The van der Waals surface area contributed by atoms with E-state index in [2.05, 4.69) is 45.8 Å². The second-order valence-electron chi connectivity index (χ2n) is 15.2. The number of carbonyl (C=O) groups is 2. The zero-order chi connectivity index (χ0) is 35.4. The summed E-state index contributed by atoms with van der Waals surface area (Å²) in [6.07, 6.45) is 6.66. The second kappa shape index (κ2) is 16.3. The summed E-state index contributed by atoms with van der Waals surface area (Å²) in [5, 5.41) is 4.07. The van der Waals surface area contributed by atoms with Crippen LogP contribution in [0.15, 0.2) is 36.4 Å². The third kappa shape index (κ3) is 8.35. The summed E-state index contributed by atoms with van der Waals surface area (Å²) < 4.78 is 28.6. The number of benzene rings is 2. The number of morpholine rings is 1. The fourth-order valence-electron chi connectivity index (χ4n) is 8.77. The number of hydrogen-bond acceptors (Lipinski definition) is 7. The van der Waals surface area contributed by atoms with Crippen molar-refractivity contribution in [2.24, 2.45) is 17.8 Å². The summed E-state index contributed by atoms with van der Waals surface area (Å²) >= 11 is 6.48. The maximum absolute atomic E-state index is 13.6. The van der Waals surface area contributed by atoms with Crippen molar-refractivity contribution in [1.29, 1.82) is 0 Å². The standard InChI is InChI=1S/C39H55ClN4O5S/c1-5-7-29-20-33(40)11-12-34(29)32-23-44-22-31-9-13-35(31)39(41-28(4)45,25-43-16-18-48-19-17-43)15-6-8-26(2)27(3)50(47)42-38(46)30-10-14-37(49-24-32)36(44)21-30/h10-12,14,20-21,26-27,31-32,35H,5-9,13,15-19,22-25H2,1-4H3,(H,41,45)(H,42,46)/t26?,27?,31?,32?,35?,39-,50?/m1/s1. The lowest BCUT2D eigenvalue weighted by Gasteiger charge is -2.54. The van der Waals surface area contributed by atoms with E-state index in [0.717, 1.165) is 94.1 Å². The van der Waals surface area contributed by atoms with Gasteiger partial charge in [0.2, 0.25) is 5.91 Å². The zero-order valence-electron chi connectivity index (χ0n) is 30.2. The Hall–Kier alpha value is -2.66. The number of ether oxygens (including phenoxy) is 2. The first-order valence-electron chi connectivity index (χ1n) is 18.7. The van der Waals surface area contributed by atoms with Crippen LogP contribution in [0.1, 0.15) is 93.6 Å². The highest BCUT2D eigenvalue weighted by Gasteiger charge is 2.49. The normalized spacial score (nSPS) is 31.0. The van der Waals surface area contributed by atoms with Crippen LogP contribution in [0.4, 0.5) is 5.69 Å². The minimum Gasteiger partial charge on any atom is -0.491 e. The number of halogens is 1. The van der Waals surface area contributed by atoms with Crippen LogP contribution in [0, 0.1) is 17.8 Å². The molecule has 2 N–H and O–H groups in total. The van der Waals surface area contributed by atoms with Gasteiger partial charge >= 0.3 is 0 Å². The number of fused-ring (bicyclic) bond motifs is 2. The first-order chi connectivity index (χ1) is 24.1. The van der Waals surface area contributed by atoms with E-state index >= 15 is 0 Å². The minimum atomic E-state index is -1.55. The van der Waals surface area contributed by atoms with E-state index < -0.39 is 16.5 Å². The first kappa shape index (κ1) is 37.1. The molecule has 2 bridgehead atoms. The lowest BCUT2D eigenvalue weighted by atomic mass is 9.61. The van der Waals surface area contributed by atoms with Gasteiger partial charge in [0.1, 0.15) is 16.7 Å². The van der Waals surface area contributed by atoms with E-state index in [9.17, 15) is 13.8 Å². The summed E-state index contributed by atoms with van der Waals surface area (Å²) in [5.41, 5.74) is 3.46. The summed E-state index contributed by atoms with van der Waals surface area (Å²) in [4.78, 5) is 31.5. The highest BCUT2D eigenvalue weighted by molar-refractivity contribution is 7.84. The van der Waals surface area contributed by atoms with E-state index in [-0.39, 0.29) is 34.8 Å². The van der Waals surface area contributed by atoms with Crippen molar-refractivity contribution < 1.29 is 23.3 Å². The fraction of sp³-hybridized carbons (Fsp3) is 0.641. The SMILES string of the molecule is CCCc1cc(Cl)ccc1C1COc2ccc3cc2N(C1)CC1CCC1[C@@](CN1CCOCC1)(NC(C)=O)CCCC(C)C(C)S(=O)NC3=O. The molecule has 0 aromatic heterocycles. The van der Waals surface area contributed by atoms with Gasteiger partial charge in [0.15, 0.2) is 0 Å².